The summed E-state index contributed by atoms with van der Waals surface area (Å²) in [5.41, 5.74) is 0.927. The van der Waals surface area contributed by atoms with E-state index in [-0.39, 0.29) is 17.1 Å². The van der Waals surface area contributed by atoms with E-state index in [1.165, 1.54) is 49.4 Å². The highest BCUT2D eigenvalue weighted by atomic mass is 35.5. The van der Waals surface area contributed by atoms with Gasteiger partial charge in [0.15, 0.2) is 0 Å². The van der Waals surface area contributed by atoms with E-state index < -0.39 is 34.4 Å². The minimum atomic E-state index is -4.20. The molecule has 0 aromatic heterocycles. The lowest BCUT2D eigenvalue weighted by Gasteiger charge is -2.31. The molecule has 1 N–H and O–H groups in total. The molecule has 8 nitrogen and oxygen atoms in total. The summed E-state index contributed by atoms with van der Waals surface area (Å²) in [6.45, 7) is 1.08. The first-order chi connectivity index (χ1) is 17.6. The van der Waals surface area contributed by atoms with E-state index in [0.717, 1.165) is 9.87 Å². The molecule has 0 aliphatic heterocycles. The number of nitrogens with zero attached hydrogens (tertiary/aromatic N) is 2. The Morgan fingerprint density at radius 2 is 1.62 bits per heavy atom. The molecule has 3 aromatic rings. The number of hydrogen-bond donors (Lipinski definition) is 1. The van der Waals surface area contributed by atoms with Crippen LogP contribution in [-0.4, -0.2) is 51.9 Å². The Hall–Kier alpha value is -3.27. The third-order valence-corrected chi connectivity index (χ3v) is 7.98. The number of carbonyl (C=O) groups is 2. The van der Waals surface area contributed by atoms with Gasteiger partial charge in [-0.2, -0.15) is 0 Å². The maximum absolute atomic E-state index is 13.7. The first-order valence-corrected chi connectivity index (χ1v) is 13.4. The zero-order chi connectivity index (χ0) is 27.2. The molecule has 3 aromatic carbocycles. The summed E-state index contributed by atoms with van der Waals surface area (Å²) in [5, 5.41) is 3.37. The molecule has 1 unspecified atom stereocenters. The van der Waals surface area contributed by atoms with Crippen LogP contribution in [0, 0.1) is 0 Å². The quantitative estimate of drug-likeness (QED) is 0.395. The average molecular weight is 564 g/mol. The maximum atomic E-state index is 13.7. The van der Waals surface area contributed by atoms with Crippen molar-refractivity contribution in [2.45, 2.75) is 24.4 Å². The zero-order valence-corrected chi connectivity index (χ0v) is 22.8. The molecule has 37 heavy (non-hydrogen) atoms. The average Bonchev–Trinajstić information content (AvgIpc) is 2.90. The lowest BCUT2D eigenvalue weighted by atomic mass is 10.1. The highest BCUT2D eigenvalue weighted by molar-refractivity contribution is 7.92. The molecule has 0 aliphatic rings. The Morgan fingerprint density at radius 1 is 0.973 bits per heavy atom. The SMILES string of the molecule is CNC(=O)C(C)N(Cc1ccc(Cl)cc1)C(=O)CN(c1cccc(Cl)c1)S(=O)(=O)c1ccc(OC)cc1. The van der Waals surface area contributed by atoms with Gasteiger partial charge in [0.05, 0.1) is 17.7 Å². The molecule has 0 spiro atoms. The van der Waals surface area contributed by atoms with Crippen LogP contribution in [0.4, 0.5) is 5.69 Å². The normalized spacial score (nSPS) is 11.9. The Balaban J connectivity index is 2.02. The van der Waals surface area contributed by atoms with Crippen molar-refractivity contribution in [1.29, 1.82) is 0 Å². The van der Waals surface area contributed by atoms with Crippen LogP contribution in [0.25, 0.3) is 0 Å². The Morgan fingerprint density at radius 3 is 2.19 bits per heavy atom. The van der Waals surface area contributed by atoms with Crippen molar-refractivity contribution in [2.75, 3.05) is 25.0 Å². The van der Waals surface area contributed by atoms with Crippen LogP contribution in [0.1, 0.15) is 12.5 Å². The lowest BCUT2D eigenvalue weighted by molar-refractivity contribution is -0.139. The van der Waals surface area contributed by atoms with Gasteiger partial charge in [-0.3, -0.25) is 13.9 Å². The number of carbonyl (C=O) groups excluding carboxylic acids is 2. The van der Waals surface area contributed by atoms with Crippen molar-refractivity contribution in [3.8, 4) is 5.75 Å². The fourth-order valence-corrected chi connectivity index (χ4v) is 5.33. The number of methoxy groups -OCH3 is 1. The number of likely N-dealkylation sites (N-methyl/N-ethyl adjacent to an activating group) is 1. The van der Waals surface area contributed by atoms with Crippen LogP contribution >= 0.6 is 23.2 Å². The summed E-state index contributed by atoms with van der Waals surface area (Å²) >= 11 is 12.1. The van der Waals surface area contributed by atoms with E-state index in [4.69, 9.17) is 27.9 Å². The maximum Gasteiger partial charge on any atom is 0.264 e. The number of halogens is 2. The fraction of sp³-hybridized carbons (Fsp3) is 0.231. The van der Waals surface area contributed by atoms with E-state index in [2.05, 4.69) is 5.32 Å². The molecule has 0 aliphatic carbocycles. The number of ether oxygens (including phenoxy) is 1. The molecule has 2 amide bonds. The van der Waals surface area contributed by atoms with Gasteiger partial charge in [0, 0.05) is 23.6 Å². The summed E-state index contributed by atoms with van der Waals surface area (Å²) in [6.07, 6.45) is 0. The van der Waals surface area contributed by atoms with Crippen molar-refractivity contribution >= 4 is 50.7 Å². The number of sulfonamides is 1. The number of nitrogens with one attached hydrogen (secondary N) is 1. The second-order valence-electron chi connectivity index (χ2n) is 8.11. The summed E-state index contributed by atoms with van der Waals surface area (Å²) in [7, 11) is -1.26. The number of hydrogen-bond acceptors (Lipinski definition) is 5. The highest BCUT2D eigenvalue weighted by Crippen LogP contribution is 2.28. The minimum Gasteiger partial charge on any atom is -0.497 e. The zero-order valence-electron chi connectivity index (χ0n) is 20.5. The third kappa shape index (κ3) is 6.94. The number of rotatable bonds is 10. The topological polar surface area (TPSA) is 96.0 Å². The van der Waals surface area contributed by atoms with Gasteiger partial charge >= 0.3 is 0 Å². The highest BCUT2D eigenvalue weighted by Gasteiger charge is 2.32. The van der Waals surface area contributed by atoms with E-state index in [1.54, 1.807) is 49.4 Å². The third-order valence-electron chi connectivity index (χ3n) is 5.70. The number of amides is 2. The molecule has 0 saturated carbocycles. The molecular weight excluding hydrogens is 537 g/mol. The minimum absolute atomic E-state index is 0.0373. The van der Waals surface area contributed by atoms with Crippen LogP contribution < -0.4 is 14.4 Å². The number of benzene rings is 3. The molecular formula is C26H27Cl2N3O5S. The van der Waals surface area contributed by atoms with Gasteiger partial charge in [0.25, 0.3) is 10.0 Å². The first kappa shape index (κ1) is 28.3. The van der Waals surface area contributed by atoms with E-state index in [1.807, 2.05) is 0 Å². The summed E-state index contributed by atoms with van der Waals surface area (Å²) in [4.78, 5) is 27.5. The molecule has 0 radical (unpaired) electrons. The van der Waals surface area contributed by atoms with Gasteiger partial charge in [0.1, 0.15) is 18.3 Å². The largest absolute Gasteiger partial charge is 0.497 e. The van der Waals surface area contributed by atoms with Gasteiger partial charge < -0.3 is 15.0 Å². The summed E-state index contributed by atoms with van der Waals surface area (Å²) < 4.78 is 33.6. The molecule has 11 heteroatoms. The van der Waals surface area contributed by atoms with Crippen LogP contribution in [-0.2, 0) is 26.2 Å². The molecule has 0 fully saturated rings. The smallest absolute Gasteiger partial charge is 0.264 e. The van der Waals surface area contributed by atoms with Crippen molar-refractivity contribution < 1.29 is 22.7 Å². The molecule has 3 rings (SSSR count). The second kappa shape index (κ2) is 12.3. The standard InChI is InChI=1S/C26H27Cl2N3O5S/c1-18(26(33)29-2)30(16-19-7-9-20(27)10-8-19)25(32)17-31(22-6-4-5-21(28)15-22)37(34,35)24-13-11-23(36-3)12-14-24/h4-15,18H,16-17H2,1-3H3,(H,29,33). The van der Waals surface area contributed by atoms with Crippen molar-refractivity contribution in [3.63, 3.8) is 0 Å². The Labute approximate surface area is 226 Å². The molecule has 0 heterocycles. The van der Waals surface area contributed by atoms with Crippen LogP contribution in [0.3, 0.4) is 0 Å². The summed E-state index contributed by atoms with van der Waals surface area (Å²) in [6, 6.07) is 18.0. The van der Waals surface area contributed by atoms with E-state index >= 15 is 0 Å². The van der Waals surface area contributed by atoms with Gasteiger partial charge in [-0.05, 0) is 67.1 Å². The molecule has 1 atom stereocenters. The molecule has 0 bridgehead atoms. The van der Waals surface area contributed by atoms with Gasteiger partial charge in [-0.25, -0.2) is 8.42 Å². The van der Waals surface area contributed by atoms with Crippen LogP contribution in [0.2, 0.25) is 10.0 Å². The molecule has 196 valence electrons. The lowest BCUT2D eigenvalue weighted by Crippen LogP contribution is -2.50. The van der Waals surface area contributed by atoms with Crippen molar-refractivity contribution in [3.05, 3.63) is 88.4 Å². The van der Waals surface area contributed by atoms with E-state index in [0.29, 0.717) is 15.8 Å². The van der Waals surface area contributed by atoms with Crippen molar-refractivity contribution in [1.82, 2.24) is 10.2 Å². The summed E-state index contributed by atoms with van der Waals surface area (Å²) in [5.74, 6) is -0.490. The monoisotopic (exact) mass is 563 g/mol. The predicted octanol–water partition coefficient (Wildman–Crippen LogP) is 4.36. The Bertz CT molecular complexity index is 1350. The second-order valence-corrected chi connectivity index (χ2v) is 10.8. The molecule has 0 saturated heterocycles. The van der Waals surface area contributed by atoms with Gasteiger partial charge in [-0.1, -0.05) is 41.4 Å². The predicted molar refractivity (Wildman–Crippen MR) is 145 cm³/mol. The Kier molecular flexibility index (Phi) is 9.42. The first-order valence-electron chi connectivity index (χ1n) is 11.2. The van der Waals surface area contributed by atoms with Crippen LogP contribution in [0.15, 0.2) is 77.7 Å². The fourth-order valence-electron chi connectivity index (χ4n) is 3.61. The van der Waals surface area contributed by atoms with Gasteiger partial charge in [-0.15, -0.1) is 0 Å². The van der Waals surface area contributed by atoms with E-state index in [9.17, 15) is 18.0 Å². The number of anilines is 1. The van der Waals surface area contributed by atoms with Crippen LogP contribution in [0.5, 0.6) is 5.75 Å². The van der Waals surface area contributed by atoms with Crippen molar-refractivity contribution in [2.24, 2.45) is 0 Å². The van der Waals surface area contributed by atoms with Gasteiger partial charge in [0.2, 0.25) is 11.8 Å².